The molecule has 23 heavy (non-hydrogen) atoms. The monoisotopic (exact) mass is 330 g/mol. The standard InChI is InChI=1S/C19H22N2O.ClH/c1-12-6-13(2)18(14(3)7-12)19(22)21-9-15-4-5-16-10-20-11-17(16)8-15;/h4-8,20H,9-11H2,1-3H3,(H,21,22);1H. The van der Waals surface area contributed by atoms with Gasteiger partial charge in [0.05, 0.1) is 0 Å². The highest BCUT2D eigenvalue weighted by Crippen LogP contribution is 2.18. The summed E-state index contributed by atoms with van der Waals surface area (Å²) in [5.41, 5.74) is 7.92. The Balaban J connectivity index is 0.00000192. The summed E-state index contributed by atoms with van der Waals surface area (Å²) in [6, 6.07) is 10.6. The summed E-state index contributed by atoms with van der Waals surface area (Å²) in [5, 5.41) is 6.39. The first-order valence-corrected chi connectivity index (χ1v) is 7.72. The third kappa shape index (κ3) is 3.74. The van der Waals surface area contributed by atoms with Crippen molar-refractivity contribution in [2.75, 3.05) is 0 Å². The van der Waals surface area contributed by atoms with Gasteiger partial charge >= 0.3 is 0 Å². The lowest BCUT2D eigenvalue weighted by molar-refractivity contribution is 0.0949. The molecule has 0 aromatic heterocycles. The highest BCUT2D eigenvalue weighted by atomic mass is 35.5. The third-order valence-electron chi connectivity index (χ3n) is 4.26. The number of amides is 1. The number of benzene rings is 2. The molecule has 1 heterocycles. The molecule has 0 bridgehead atoms. The van der Waals surface area contributed by atoms with Gasteiger partial charge in [0.2, 0.25) is 0 Å². The van der Waals surface area contributed by atoms with Crippen LogP contribution in [0.3, 0.4) is 0 Å². The number of aryl methyl sites for hydroxylation is 3. The average molecular weight is 331 g/mol. The number of carbonyl (C=O) groups is 1. The summed E-state index contributed by atoms with van der Waals surface area (Å²) < 4.78 is 0. The first-order valence-electron chi connectivity index (χ1n) is 7.72. The second-order valence-electron chi connectivity index (χ2n) is 6.16. The molecule has 0 fully saturated rings. The Labute approximate surface area is 143 Å². The van der Waals surface area contributed by atoms with E-state index in [4.69, 9.17) is 0 Å². The number of hydrogen-bond donors (Lipinski definition) is 2. The minimum atomic E-state index is 0. The van der Waals surface area contributed by atoms with E-state index in [2.05, 4.69) is 47.9 Å². The second kappa shape index (κ2) is 7.16. The van der Waals surface area contributed by atoms with E-state index in [1.807, 2.05) is 13.8 Å². The van der Waals surface area contributed by atoms with Crippen molar-refractivity contribution in [2.45, 2.75) is 40.4 Å². The third-order valence-corrected chi connectivity index (χ3v) is 4.26. The molecule has 0 atom stereocenters. The fraction of sp³-hybridized carbons (Fsp3) is 0.316. The molecule has 0 aliphatic carbocycles. The number of fused-ring (bicyclic) bond motifs is 1. The minimum Gasteiger partial charge on any atom is -0.348 e. The van der Waals surface area contributed by atoms with Gasteiger partial charge in [-0.15, -0.1) is 12.4 Å². The number of halogens is 1. The van der Waals surface area contributed by atoms with E-state index in [0.717, 1.165) is 35.3 Å². The summed E-state index contributed by atoms with van der Waals surface area (Å²) in [6.07, 6.45) is 0. The van der Waals surface area contributed by atoms with Crippen molar-refractivity contribution in [1.29, 1.82) is 0 Å². The Hall–Kier alpha value is -1.84. The van der Waals surface area contributed by atoms with Crippen LogP contribution in [0.5, 0.6) is 0 Å². The van der Waals surface area contributed by atoms with Crippen molar-refractivity contribution < 1.29 is 4.79 Å². The van der Waals surface area contributed by atoms with Gasteiger partial charge < -0.3 is 10.6 Å². The van der Waals surface area contributed by atoms with Crippen LogP contribution in [0.1, 0.15) is 43.7 Å². The molecule has 3 rings (SSSR count). The van der Waals surface area contributed by atoms with Crippen LogP contribution < -0.4 is 10.6 Å². The van der Waals surface area contributed by atoms with Gasteiger partial charge in [0.25, 0.3) is 5.91 Å². The molecule has 3 nitrogen and oxygen atoms in total. The molecule has 0 spiro atoms. The summed E-state index contributed by atoms with van der Waals surface area (Å²) in [7, 11) is 0. The molecular weight excluding hydrogens is 308 g/mol. The first-order chi connectivity index (χ1) is 10.5. The number of carbonyl (C=O) groups excluding carboxylic acids is 1. The predicted molar refractivity (Wildman–Crippen MR) is 96.1 cm³/mol. The van der Waals surface area contributed by atoms with Gasteiger partial charge in [-0.3, -0.25) is 4.79 Å². The first kappa shape index (κ1) is 17.5. The lowest BCUT2D eigenvalue weighted by Crippen LogP contribution is -2.24. The van der Waals surface area contributed by atoms with Gasteiger partial charge in [0.1, 0.15) is 0 Å². The lowest BCUT2D eigenvalue weighted by Gasteiger charge is -2.12. The molecular formula is C19H23ClN2O. The van der Waals surface area contributed by atoms with E-state index < -0.39 is 0 Å². The zero-order chi connectivity index (χ0) is 15.7. The number of nitrogens with one attached hydrogen (secondary N) is 2. The molecule has 2 aromatic carbocycles. The lowest BCUT2D eigenvalue weighted by atomic mass is 9.99. The highest BCUT2D eigenvalue weighted by Gasteiger charge is 2.14. The van der Waals surface area contributed by atoms with Gasteiger partial charge in [0.15, 0.2) is 0 Å². The van der Waals surface area contributed by atoms with Crippen molar-refractivity contribution >= 4 is 18.3 Å². The minimum absolute atomic E-state index is 0. The van der Waals surface area contributed by atoms with Crippen LogP contribution in [-0.2, 0) is 19.6 Å². The summed E-state index contributed by atoms with van der Waals surface area (Å²) in [5.74, 6) is 0.00798. The normalized spacial score (nSPS) is 12.5. The van der Waals surface area contributed by atoms with Gasteiger partial charge in [0, 0.05) is 25.2 Å². The van der Waals surface area contributed by atoms with E-state index in [0.29, 0.717) is 6.54 Å². The highest BCUT2D eigenvalue weighted by molar-refractivity contribution is 5.97. The van der Waals surface area contributed by atoms with Gasteiger partial charge in [-0.05, 0) is 48.6 Å². The van der Waals surface area contributed by atoms with Crippen LogP contribution in [0.15, 0.2) is 30.3 Å². The average Bonchev–Trinajstić information content (AvgIpc) is 2.91. The quantitative estimate of drug-likeness (QED) is 0.903. The summed E-state index contributed by atoms with van der Waals surface area (Å²) in [6.45, 7) is 8.49. The zero-order valence-corrected chi connectivity index (χ0v) is 14.6. The largest absolute Gasteiger partial charge is 0.348 e. The Kier molecular flexibility index (Phi) is 5.45. The van der Waals surface area contributed by atoms with E-state index in [-0.39, 0.29) is 18.3 Å². The van der Waals surface area contributed by atoms with Crippen LogP contribution in [0.2, 0.25) is 0 Å². The molecule has 0 saturated carbocycles. The van der Waals surface area contributed by atoms with Crippen LogP contribution in [0, 0.1) is 20.8 Å². The van der Waals surface area contributed by atoms with Crippen molar-refractivity contribution in [3.8, 4) is 0 Å². The Morgan fingerprint density at radius 1 is 1.04 bits per heavy atom. The number of hydrogen-bond acceptors (Lipinski definition) is 2. The maximum Gasteiger partial charge on any atom is 0.252 e. The van der Waals surface area contributed by atoms with Gasteiger partial charge in [-0.2, -0.15) is 0 Å². The maximum atomic E-state index is 12.5. The molecule has 4 heteroatoms. The van der Waals surface area contributed by atoms with Crippen molar-refractivity contribution in [3.63, 3.8) is 0 Å². The Morgan fingerprint density at radius 3 is 2.39 bits per heavy atom. The smallest absolute Gasteiger partial charge is 0.252 e. The SMILES string of the molecule is Cc1cc(C)c(C(=O)NCc2ccc3c(c2)CNC3)c(C)c1.Cl. The van der Waals surface area contributed by atoms with Crippen LogP contribution >= 0.6 is 12.4 Å². The Bertz CT molecular complexity index is 717. The van der Waals surface area contributed by atoms with Gasteiger partial charge in [-0.25, -0.2) is 0 Å². The fourth-order valence-corrected chi connectivity index (χ4v) is 3.27. The second-order valence-corrected chi connectivity index (χ2v) is 6.16. The van der Waals surface area contributed by atoms with E-state index >= 15 is 0 Å². The Morgan fingerprint density at radius 2 is 1.70 bits per heavy atom. The molecule has 0 radical (unpaired) electrons. The van der Waals surface area contributed by atoms with Crippen molar-refractivity contribution in [2.24, 2.45) is 0 Å². The van der Waals surface area contributed by atoms with Gasteiger partial charge in [-0.1, -0.05) is 35.9 Å². The number of rotatable bonds is 3. The van der Waals surface area contributed by atoms with Crippen LogP contribution in [0.4, 0.5) is 0 Å². The molecule has 2 N–H and O–H groups in total. The predicted octanol–water partition coefficient (Wildman–Crippen LogP) is 3.57. The zero-order valence-electron chi connectivity index (χ0n) is 13.8. The fourth-order valence-electron chi connectivity index (χ4n) is 3.27. The molecule has 0 unspecified atom stereocenters. The van der Waals surface area contributed by atoms with Crippen molar-refractivity contribution in [1.82, 2.24) is 10.6 Å². The molecule has 122 valence electrons. The maximum absolute atomic E-state index is 12.5. The molecule has 0 saturated heterocycles. The van der Waals surface area contributed by atoms with E-state index in [1.54, 1.807) is 0 Å². The molecule has 1 aliphatic heterocycles. The summed E-state index contributed by atoms with van der Waals surface area (Å²) in [4.78, 5) is 12.5. The van der Waals surface area contributed by atoms with Crippen molar-refractivity contribution in [3.05, 3.63) is 69.3 Å². The molecule has 2 aromatic rings. The molecule has 1 aliphatic rings. The van der Waals surface area contributed by atoms with Crippen LogP contribution in [0.25, 0.3) is 0 Å². The van der Waals surface area contributed by atoms with E-state index in [1.165, 1.54) is 16.7 Å². The molecule has 1 amide bonds. The van der Waals surface area contributed by atoms with E-state index in [9.17, 15) is 4.79 Å². The van der Waals surface area contributed by atoms with Crippen LogP contribution in [-0.4, -0.2) is 5.91 Å². The topological polar surface area (TPSA) is 41.1 Å². The summed E-state index contributed by atoms with van der Waals surface area (Å²) >= 11 is 0.